The van der Waals surface area contributed by atoms with Gasteiger partial charge in [-0.05, 0) is 69.2 Å². The molecule has 0 bridgehead atoms. The predicted molar refractivity (Wildman–Crippen MR) is 107 cm³/mol. The Kier molecular flexibility index (Phi) is 4.23. The Hall–Kier alpha value is -1.88. The Morgan fingerprint density at radius 1 is 1.26 bits per heavy atom. The Bertz CT molecular complexity index is 855. The fraction of sp³-hybridized carbons (Fsp3) is 0.636. The van der Waals surface area contributed by atoms with Gasteiger partial charge in [-0.3, -0.25) is 4.79 Å². The number of aromatic amines is 1. The first-order valence-corrected chi connectivity index (χ1v) is 10.5. The largest absolute Gasteiger partial charge is 0.342 e. The van der Waals surface area contributed by atoms with Crippen LogP contribution < -0.4 is 0 Å². The van der Waals surface area contributed by atoms with Crippen molar-refractivity contribution in [2.75, 3.05) is 32.7 Å². The van der Waals surface area contributed by atoms with Crippen molar-refractivity contribution in [1.29, 1.82) is 0 Å². The second kappa shape index (κ2) is 6.62. The van der Waals surface area contributed by atoms with E-state index < -0.39 is 0 Å². The van der Waals surface area contributed by atoms with Gasteiger partial charge in [0.15, 0.2) is 0 Å². The number of benzene rings is 1. The maximum Gasteiger partial charge on any atom is 0.227 e. The van der Waals surface area contributed by atoms with Crippen LogP contribution in [-0.4, -0.2) is 58.4 Å². The molecule has 3 heterocycles. The average molecular weight is 367 g/mol. The number of carbonyl (C=O) groups excluding carboxylic acids is 1. The maximum absolute atomic E-state index is 12.9. The van der Waals surface area contributed by atoms with Crippen LogP contribution in [0, 0.1) is 18.3 Å². The van der Waals surface area contributed by atoms with E-state index in [9.17, 15) is 4.79 Å². The van der Waals surface area contributed by atoms with Gasteiger partial charge in [0.2, 0.25) is 5.91 Å². The molecule has 3 aliphatic rings. The fourth-order valence-electron chi connectivity index (χ4n) is 5.19. The molecule has 2 aliphatic heterocycles. The Balaban J connectivity index is 1.22. The van der Waals surface area contributed by atoms with Gasteiger partial charge in [-0.1, -0.05) is 6.07 Å². The molecule has 1 amide bonds. The molecule has 2 saturated heterocycles. The van der Waals surface area contributed by atoms with Crippen LogP contribution in [-0.2, 0) is 11.2 Å². The summed E-state index contributed by atoms with van der Waals surface area (Å²) >= 11 is 0. The molecule has 1 N–H and O–H groups in total. The van der Waals surface area contributed by atoms with Crippen molar-refractivity contribution < 1.29 is 4.79 Å². The van der Waals surface area contributed by atoms with Crippen molar-refractivity contribution in [2.24, 2.45) is 11.3 Å². The number of rotatable bonds is 4. The lowest BCUT2D eigenvalue weighted by molar-refractivity contribution is -0.130. The zero-order valence-corrected chi connectivity index (χ0v) is 16.3. The average Bonchev–Trinajstić information content (AvgIpc) is 3.23. The van der Waals surface area contributed by atoms with E-state index in [1.807, 2.05) is 19.1 Å². The molecule has 0 radical (unpaired) electrons. The summed E-state index contributed by atoms with van der Waals surface area (Å²) in [6.07, 6.45) is 7.11. The summed E-state index contributed by atoms with van der Waals surface area (Å²) in [6, 6.07) is 6.14. The quantitative estimate of drug-likeness (QED) is 0.904. The summed E-state index contributed by atoms with van der Waals surface area (Å²) in [5.41, 5.74) is 3.43. The number of aromatic nitrogens is 2. The maximum atomic E-state index is 12.9. The van der Waals surface area contributed by atoms with Crippen LogP contribution in [0.5, 0.6) is 0 Å². The number of hydrogen-bond donors (Lipinski definition) is 1. The zero-order valence-electron chi connectivity index (χ0n) is 16.3. The van der Waals surface area contributed by atoms with Crippen LogP contribution in [0.1, 0.15) is 43.5 Å². The zero-order chi connectivity index (χ0) is 18.4. The van der Waals surface area contributed by atoms with Crippen molar-refractivity contribution in [3.05, 3.63) is 29.6 Å². The number of nitrogens with zero attached hydrogens (tertiary/aromatic N) is 3. The molecular formula is C22H30N4O. The Labute approximate surface area is 161 Å². The summed E-state index contributed by atoms with van der Waals surface area (Å²) in [5, 5.41) is 0. The van der Waals surface area contributed by atoms with E-state index in [0.29, 0.717) is 11.8 Å². The molecule has 27 heavy (non-hydrogen) atoms. The minimum atomic E-state index is 0.279. The van der Waals surface area contributed by atoms with Gasteiger partial charge in [-0.2, -0.15) is 0 Å². The highest BCUT2D eigenvalue weighted by molar-refractivity contribution is 5.82. The molecular weight excluding hydrogens is 336 g/mol. The topological polar surface area (TPSA) is 52.2 Å². The van der Waals surface area contributed by atoms with Crippen molar-refractivity contribution in [1.82, 2.24) is 19.8 Å². The van der Waals surface area contributed by atoms with Gasteiger partial charge in [0.1, 0.15) is 5.82 Å². The molecule has 1 aromatic heterocycles. The van der Waals surface area contributed by atoms with Crippen molar-refractivity contribution in [3.8, 4) is 0 Å². The highest BCUT2D eigenvalue weighted by atomic mass is 16.2. The number of hydrogen-bond acceptors (Lipinski definition) is 3. The number of amides is 1. The monoisotopic (exact) mass is 366 g/mol. The predicted octanol–water partition coefficient (Wildman–Crippen LogP) is 3.14. The minimum Gasteiger partial charge on any atom is -0.342 e. The van der Waals surface area contributed by atoms with Gasteiger partial charge >= 0.3 is 0 Å². The van der Waals surface area contributed by atoms with E-state index in [-0.39, 0.29) is 5.91 Å². The molecule has 1 atom stereocenters. The SMILES string of the molecule is Cc1nc2ccc(CC(=O)N3CC[C@@]4(CCCN(CC5CC5)C4)C3)cc2[nH]1. The molecule has 2 aromatic rings. The Morgan fingerprint density at radius 3 is 3.00 bits per heavy atom. The minimum absolute atomic E-state index is 0.279. The van der Waals surface area contributed by atoms with E-state index in [4.69, 9.17) is 0 Å². The first kappa shape index (κ1) is 17.2. The van der Waals surface area contributed by atoms with Crippen LogP contribution in [0.15, 0.2) is 18.2 Å². The third kappa shape index (κ3) is 3.62. The molecule has 5 heteroatoms. The van der Waals surface area contributed by atoms with Gasteiger partial charge in [0.25, 0.3) is 0 Å². The smallest absolute Gasteiger partial charge is 0.227 e. The molecule has 1 aliphatic carbocycles. The van der Waals surface area contributed by atoms with Gasteiger partial charge in [-0.15, -0.1) is 0 Å². The number of carbonyl (C=O) groups is 1. The molecule has 1 spiro atoms. The van der Waals surface area contributed by atoms with E-state index >= 15 is 0 Å². The number of piperidine rings is 1. The summed E-state index contributed by atoms with van der Waals surface area (Å²) < 4.78 is 0. The van der Waals surface area contributed by atoms with Crippen LogP contribution in [0.25, 0.3) is 11.0 Å². The second-order valence-corrected chi connectivity index (χ2v) is 9.20. The molecule has 5 rings (SSSR count). The molecule has 0 unspecified atom stereocenters. The molecule has 5 nitrogen and oxygen atoms in total. The van der Waals surface area contributed by atoms with Gasteiger partial charge < -0.3 is 14.8 Å². The van der Waals surface area contributed by atoms with Crippen LogP contribution in [0.4, 0.5) is 0 Å². The molecule has 1 aromatic carbocycles. The van der Waals surface area contributed by atoms with Crippen molar-refractivity contribution in [3.63, 3.8) is 0 Å². The summed E-state index contributed by atoms with van der Waals surface area (Å²) in [4.78, 5) is 25.5. The molecule has 3 fully saturated rings. The molecule has 1 saturated carbocycles. The van der Waals surface area contributed by atoms with Gasteiger partial charge in [0, 0.05) is 31.6 Å². The van der Waals surface area contributed by atoms with Crippen LogP contribution in [0.2, 0.25) is 0 Å². The lowest BCUT2D eigenvalue weighted by Gasteiger charge is -2.40. The first-order chi connectivity index (χ1) is 13.1. The van der Waals surface area contributed by atoms with Crippen molar-refractivity contribution >= 4 is 16.9 Å². The summed E-state index contributed by atoms with van der Waals surface area (Å²) in [7, 11) is 0. The van der Waals surface area contributed by atoms with E-state index in [1.165, 1.54) is 51.7 Å². The van der Waals surface area contributed by atoms with Crippen LogP contribution in [0.3, 0.4) is 0 Å². The third-order valence-corrected chi connectivity index (χ3v) is 6.76. The lowest BCUT2D eigenvalue weighted by Crippen LogP contribution is -2.46. The number of H-pyrrole nitrogens is 1. The highest BCUT2D eigenvalue weighted by Crippen LogP contribution is 2.40. The third-order valence-electron chi connectivity index (χ3n) is 6.76. The van der Waals surface area contributed by atoms with Crippen molar-refractivity contribution in [2.45, 2.75) is 45.4 Å². The summed E-state index contributed by atoms with van der Waals surface area (Å²) in [5.74, 6) is 2.16. The van der Waals surface area contributed by atoms with Crippen LogP contribution >= 0.6 is 0 Å². The highest BCUT2D eigenvalue weighted by Gasteiger charge is 2.43. The standard InChI is InChI=1S/C22H30N4O/c1-16-23-19-6-5-18(11-20(19)24-16)12-21(27)26-10-8-22(15-26)7-2-9-25(14-22)13-17-3-4-17/h5-6,11,17H,2-4,7-10,12-15H2,1H3,(H,23,24)/t22-/m1/s1. The number of aryl methyl sites for hydroxylation is 1. The number of nitrogens with one attached hydrogen (secondary N) is 1. The fourth-order valence-corrected chi connectivity index (χ4v) is 5.19. The van der Waals surface area contributed by atoms with Gasteiger partial charge in [-0.25, -0.2) is 4.98 Å². The Morgan fingerprint density at radius 2 is 2.15 bits per heavy atom. The summed E-state index contributed by atoms with van der Waals surface area (Å²) in [6.45, 7) is 7.60. The lowest BCUT2D eigenvalue weighted by atomic mass is 9.79. The normalized spacial score (nSPS) is 26.3. The first-order valence-electron chi connectivity index (χ1n) is 10.5. The van der Waals surface area contributed by atoms with Gasteiger partial charge in [0.05, 0.1) is 17.5 Å². The number of imidazole rings is 1. The molecule has 144 valence electrons. The van der Waals surface area contributed by atoms with E-state index in [0.717, 1.165) is 41.4 Å². The van der Waals surface area contributed by atoms with E-state index in [1.54, 1.807) is 0 Å². The van der Waals surface area contributed by atoms with E-state index in [2.05, 4.69) is 25.8 Å². The number of fused-ring (bicyclic) bond motifs is 1. The number of likely N-dealkylation sites (tertiary alicyclic amines) is 2. The second-order valence-electron chi connectivity index (χ2n) is 9.20.